The number of carbonyl (C=O) groups is 2. The molecular weight excluding hydrogens is 332 g/mol. The lowest BCUT2D eigenvalue weighted by molar-refractivity contribution is -0.0411. The van der Waals surface area contributed by atoms with Crippen LogP contribution in [0.5, 0.6) is 0 Å². The molecule has 0 bridgehead atoms. The van der Waals surface area contributed by atoms with Crippen LogP contribution in [0, 0.1) is 0 Å². The van der Waals surface area contributed by atoms with Crippen molar-refractivity contribution in [3.05, 3.63) is 71.8 Å². The monoisotopic (exact) mass is 354 g/mol. The van der Waals surface area contributed by atoms with Gasteiger partial charge in [0.25, 0.3) is 0 Å². The maximum absolute atomic E-state index is 12.4. The first-order valence-corrected chi connectivity index (χ1v) is 8.70. The van der Waals surface area contributed by atoms with E-state index in [2.05, 4.69) is 0 Å². The number of rotatable bonds is 4. The molecule has 0 N–H and O–H groups in total. The molecule has 1 saturated heterocycles. The standard InChI is InChI=1S/C20H22N2O4/c23-19(25-15-17-9-3-1-4-10-17)21-13-7-8-14-22(21)20(24)26-16-18-11-5-2-6-12-18/h1-6,9-12H,7-8,13-16H2. The van der Waals surface area contributed by atoms with Crippen LogP contribution in [-0.2, 0) is 22.7 Å². The molecule has 0 saturated carbocycles. The molecule has 1 heterocycles. The number of carbonyl (C=O) groups excluding carboxylic acids is 2. The molecule has 3 rings (SSSR count). The van der Waals surface area contributed by atoms with E-state index in [0.717, 1.165) is 24.0 Å². The molecular formula is C20H22N2O4. The first-order valence-electron chi connectivity index (χ1n) is 8.70. The molecule has 0 aliphatic carbocycles. The van der Waals surface area contributed by atoms with Gasteiger partial charge in [-0.3, -0.25) is 0 Å². The highest BCUT2D eigenvalue weighted by Crippen LogP contribution is 2.15. The second-order valence-electron chi connectivity index (χ2n) is 6.03. The Labute approximate surface area is 152 Å². The Morgan fingerprint density at radius 2 is 1.08 bits per heavy atom. The van der Waals surface area contributed by atoms with E-state index in [9.17, 15) is 9.59 Å². The van der Waals surface area contributed by atoms with Crippen molar-refractivity contribution in [3.8, 4) is 0 Å². The van der Waals surface area contributed by atoms with Gasteiger partial charge in [-0.2, -0.15) is 0 Å². The molecule has 136 valence electrons. The summed E-state index contributed by atoms with van der Waals surface area (Å²) in [7, 11) is 0. The van der Waals surface area contributed by atoms with Crippen molar-refractivity contribution < 1.29 is 19.1 Å². The summed E-state index contributed by atoms with van der Waals surface area (Å²) in [4.78, 5) is 24.8. The van der Waals surface area contributed by atoms with Gasteiger partial charge in [0, 0.05) is 13.1 Å². The summed E-state index contributed by atoms with van der Waals surface area (Å²) >= 11 is 0. The number of hydrogen-bond donors (Lipinski definition) is 0. The van der Waals surface area contributed by atoms with Crippen molar-refractivity contribution in [2.24, 2.45) is 0 Å². The van der Waals surface area contributed by atoms with Crippen LogP contribution in [0.25, 0.3) is 0 Å². The van der Waals surface area contributed by atoms with Gasteiger partial charge < -0.3 is 9.47 Å². The lowest BCUT2D eigenvalue weighted by atomic mass is 10.2. The van der Waals surface area contributed by atoms with E-state index < -0.39 is 12.2 Å². The largest absolute Gasteiger partial charge is 0.443 e. The number of nitrogens with zero attached hydrogens (tertiary/aromatic N) is 2. The molecule has 0 aromatic heterocycles. The highest BCUT2D eigenvalue weighted by molar-refractivity contribution is 5.74. The van der Waals surface area contributed by atoms with Crippen molar-refractivity contribution in [1.29, 1.82) is 0 Å². The SMILES string of the molecule is O=C(OCc1ccccc1)N1CCCCN1C(=O)OCc1ccccc1. The first-order chi connectivity index (χ1) is 12.7. The van der Waals surface area contributed by atoms with Crippen molar-refractivity contribution >= 4 is 12.2 Å². The van der Waals surface area contributed by atoms with Gasteiger partial charge in [0.2, 0.25) is 0 Å². The van der Waals surface area contributed by atoms with Gasteiger partial charge in [0.05, 0.1) is 0 Å². The third-order valence-corrected chi connectivity index (χ3v) is 4.11. The van der Waals surface area contributed by atoms with E-state index in [1.165, 1.54) is 10.0 Å². The van der Waals surface area contributed by atoms with Crippen molar-refractivity contribution in [2.75, 3.05) is 13.1 Å². The minimum Gasteiger partial charge on any atom is -0.443 e. The molecule has 0 atom stereocenters. The summed E-state index contributed by atoms with van der Waals surface area (Å²) in [5.41, 5.74) is 1.80. The summed E-state index contributed by atoms with van der Waals surface area (Å²) in [6.45, 7) is 1.22. The molecule has 0 radical (unpaired) electrons. The molecule has 0 unspecified atom stereocenters. The number of ether oxygens (including phenoxy) is 2. The summed E-state index contributed by atoms with van der Waals surface area (Å²) in [6, 6.07) is 18.9. The van der Waals surface area contributed by atoms with Crippen LogP contribution < -0.4 is 0 Å². The molecule has 26 heavy (non-hydrogen) atoms. The van der Waals surface area contributed by atoms with Gasteiger partial charge in [0.1, 0.15) is 13.2 Å². The van der Waals surface area contributed by atoms with Crippen LogP contribution in [0.1, 0.15) is 24.0 Å². The van der Waals surface area contributed by atoms with Gasteiger partial charge in [-0.05, 0) is 24.0 Å². The number of hydrazine groups is 1. The Morgan fingerprint density at radius 1 is 0.692 bits per heavy atom. The van der Waals surface area contributed by atoms with Gasteiger partial charge in [-0.25, -0.2) is 19.6 Å². The Balaban J connectivity index is 1.56. The summed E-state index contributed by atoms with van der Waals surface area (Å²) in [5.74, 6) is 0. The minimum atomic E-state index is -0.537. The summed E-state index contributed by atoms with van der Waals surface area (Å²) in [6.07, 6.45) is 0.571. The first kappa shape index (κ1) is 17.8. The van der Waals surface area contributed by atoms with Crippen LogP contribution in [-0.4, -0.2) is 35.3 Å². The number of hydrogen-bond acceptors (Lipinski definition) is 4. The maximum atomic E-state index is 12.4. The minimum absolute atomic E-state index is 0.170. The maximum Gasteiger partial charge on any atom is 0.429 e. The Hall–Kier alpha value is -3.02. The van der Waals surface area contributed by atoms with Crippen LogP contribution in [0.4, 0.5) is 9.59 Å². The number of amides is 2. The zero-order valence-electron chi connectivity index (χ0n) is 14.5. The Kier molecular flexibility index (Phi) is 6.09. The molecule has 2 amide bonds. The van der Waals surface area contributed by atoms with Crippen molar-refractivity contribution in [1.82, 2.24) is 10.0 Å². The summed E-state index contributed by atoms with van der Waals surface area (Å²) < 4.78 is 10.7. The van der Waals surface area contributed by atoms with E-state index in [1.807, 2.05) is 60.7 Å². The lowest BCUT2D eigenvalue weighted by Crippen LogP contribution is -2.53. The van der Waals surface area contributed by atoms with Crippen LogP contribution in [0.2, 0.25) is 0 Å². The fraction of sp³-hybridized carbons (Fsp3) is 0.300. The van der Waals surface area contributed by atoms with Crippen LogP contribution in [0.3, 0.4) is 0 Å². The normalized spacial score (nSPS) is 14.0. The fourth-order valence-electron chi connectivity index (χ4n) is 2.73. The average molecular weight is 354 g/mol. The molecule has 6 nitrogen and oxygen atoms in total. The molecule has 1 fully saturated rings. The van der Waals surface area contributed by atoms with Gasteiger partial charge in [-0.1, -0.05) is 60.7 Å². The third-order valence-electron chi connectivity index (χ3n) is 4.11. The molecule has 6 heteroatoms. The smallest absolute Gasteiger partial charge is 0.429 e. The molecule has 1 aliphatic rings. The van der Waals surface area contributed by atoms with E-state index in [0.29, 0.717) is 13.1 Å². The van der Waals surface area contributed by atoms with Crippen LogP contribution >= 0.6 is 0 Å². The average Bonchev–Trinajstić information content (AvgIpc) is 2.72. The predicted octanol–water partition coefficient (Wildman–Crippen LogP) is 3.97. The van der Waals surface area contributed by atoms with E-state index in [1.54, 1.807) is 0 Å². The predicted molar refractivity (Wildman–Crippen MR) is 95.9 cm³/mol. The molecule has 0 spiro atoms. The quantitative estimate of drug-likeness (QED) is 0.833. The highest BCUT2D eigenvalue weighted by atomic mass is 16.6. The van der Waals surface area contributed by atoms with E-state index in [4.69, 9.17) is 9.47 Å². The van der Waals surface area contributed by atoms with E-state index >= 15 is 0 Å². The van der Waals surface area contributed by atoms with Crippen LogP contribution in [0.15, 0.2) is 60.7 Å². The molecule has 1 aliphatic heterocycles. The zero-order valence-corrected chi connectivity index (χ0v) is 14.5. The Morgan fingerprint density at radius 3 is 1.46 bits per heavy atom. The lowest BCUT2D eigenvalue weighted by Gasteiger charge is -2.36. The second kappa shape index (κ2) is 8.89. The third kappa shape index (κ3) is 4.75. The second-order valence-corrected chi connectivity index (χ2v) is 6.03. The van der Waals surface area contributed by atoms with Gasteiger partial charge in [-0.15, -0.1) is 0 Å². The van der Waals surface area contributed by atoms with E-state index in [-0.39, 0.29) is 13.2 Å². The molecule has 2 aromatic carbocycles. The van der Waals surface area contributed by atoms with Gasteiger partial charge >= 0.3 is 12.2 Å². The summed E-state index contributed by atoms with van der Waals surface area (Å²) in [5, 5.41) is 2.67. The van der Waals surface area contributed by atoms with Crippen molar-refractivity contribution in [3.63, 3.8) is 0 Å². The topological polar surface area (TPSA) is 59.1 Å². The Bertz CT molecular complexity index is 658. The van der Waals surface area contributed by atoms with Gasteiger partial charge in [0.15, 0.2) is 0 Å². The fourth-order valence-corrected chi connectivity index (χ4v) is 2.73. The highest BCUT2D eigenvalue weighted by Gasteiger charge is 2.31. The zero-order chi connectivity index (χ0) is 18.2. The molecule has 2 aromatic rings. The van der Waals surface area contributed by atoms with Crippen molar-refractivity contribution in [2.45, 2.75) is 26.1 Å². The number of benzene rings is 2.